The summed E-state index contributed by atoms with van der Waals surface area (Å²) in [6.45, 7) is 4.37. The molecule has 110 valence electrons. The van der Waals surface area contributed by atoms with Gasteiger partial charge in [-0.1, -0.05) is 0 Å². The van der Waals surface area contributed by atoms with Gasteiger partial charge in [-0.3, -0.25) is 9.69 Å². The molecule has 1 aromatic rings. The van der Waals surface area contributed by atoms with Crippen molar-refractivity contribution < 1.29 is 13.9 Å². The molecule has 0 unspecified atom stereocenters. The molecule has 0 aliphatic carbocycles. The van der Waals surface area contributed by atoms with Gasteiger partial charge >= 0.3 is 0 Å². The second kappa shape index (κ2) is 6.67. The minimum absolute atomic E-state index is 0.140. The van der Waals surface area contributed by atoms with Gasteiger partial charge in [-0.2, -0.15) is 0 Å². The summed E-state index contributed by atoms with van der Waals surface area (Å²) in [6.07, 6.45) is 0. The summed E-state index contributed by atoms with van der Waals surface area (Å²) in [5, 5.41) is 0. The second-order valence-electron chi connectivity index (χ2n) is 4.77. The van der Waals surface area contributed by atoms with Crippen LogP contribution in [0, 0.1) is 5.82 Å². The van der Waals surface area contributed by atoms with Crippen molar-refractivity contribution in [3.05, 3.63) is 29.6 Å². The van der Waals surface area contributed by atoms with Crippen molar-refractivity contribution >= 4 is 5.91 Å². The number of ether oxygens (including phenoxy) is 1. The first-order chi connectivity index (χ1) is 9.65. The Balaban J connectivity index is 2.00. The topological polar surface area (TPSA) is 58.8 Å². The van der Waals surface area contributed by atoms with Crippen molar-refractivity contribution in [2.45, 2.75) is 0 Å². The highest BCUT2D eigenvalue weighted by atomic mass is 19.1. The summed E-state index contributed by atoms with van der Waals surface area (Å²) in [5.74, 6) is -0.506. The SMILES string of the molecule is COc1ccc(C(=O)N2CCN(CCN)CC2)cc1F. The molecular formula is C14H20FN3O2. The molecule has 1 aliphatic heterocycles. The lowest BCUT2D eigenvalue weighted by Gasteiger charge is -2.34. The van der Waals surface area contributed by atoms with Crippen molar-refractivity contribution in [2.24, 2.45) is 5.73 Å². The number of nitrogens with zero attached hydrogens (tertiary/aromatic N) is 2. The summed E-state index contributed by atoms with van der Waals surface area (Å²) in [4.78, 5) is 16.3. The zero-order valence-electron chi connectivity index (χ0n) is 11.6. The third-order valence-electron chi connectivity index (χ3n) is 3.50. The predicted molar refractivity (Wildman–Crippen MR) is 74.3 cm³/mol. The van der Waals surface area contributed by atoms with E-state index in [0.29, 0.717) is 25.2 Å². The quantitative estimate of drug-likeness (QED) is 0.875. The van der Waals surface area contributed by atoms with Crippen molar-refractivity contribution in [3.8, 4) is 5.75 Å². The monoisotopic (exact) mass is 281 g/mol. The lowest BCUT2D eigenvalue weighted by Crippen LogP contribution is -2.49. The Kier molecular flexibility index (Phi) is 4.92. The molecule has 0 saturated carbocycles. The molecule has 2 rings (SSSR count). The van der Waals surface area contributed by atoms with Crippen LogP contribution in [0.3, 0.4) is 0 Å². The van der Waals surface area contributed by atoms with Crippen LogP contribution in [-0.2, 0) is 0 Å². The average molecular weight is 281 g/mol. The van der Waals surface area contributed by atoms with Gasteiger partial charge in [0.05, 0.1) is 7.11 Å². The van der Waals surface area contributed by atoms with Gasteiger partial charge in [-0.25, -0.2) is 4.39 Å². The maximum Gasteiger partial charge on any atom is 0.254 e. The highest BCUT2D eigenvalue weighted by Crippen LogP contribution is 2.19. The zero-order chi connectivity index (χ0) is 14.5. The van der Waals surface area contributed by atoms with Gasteiger partial charge in [0.2, 0.25) is 0 Å². The molecule has 1 fully saturated rings. The molecule has 2 N–H and O–H groups in total. The van der Waals surface area contributed by atoms with Gasteiger partial charge in [0.15, 0.2) is 11.6 Å². The number of nitrogens with two attached hydrogens (primary N) is 1. The first-order valence-electron chi connectivity index (χ1n) is 6.71. The number of carbonyl (C=O) groups excluding carboxylic acids is 1. The van der Waals surface area contributed by atoms with Crippen LogP contribution in [0.5, 0.6) is 5.75 Å². The van der Waals surface area contributed by atoms with E-state index >= 15 is 0 Å². The van der Waals surface area contributed by atoms with E-state index < -0.39 is 5.82 Å². The highest BCUT2D eigenvalue weighted by Gasteiger charge is 2.22. The van der Waals surface area contributed by atoms with E-state index in [2.05, 4.69) is 4.90 Å². The summed E-state index contributed by atoms with van der Waals surface area (Å²) in [7, 11) is 1.40. The normalized spacial score (nSPS) is 16.2. The third-order valence-corrected chi connectivity index (χ3v) is 3.50. The molecule has 0 atom stereocenters. The number of methoxy groups -OCH3 is 1. The first-order valence-corrected chi connectivity index (χ1v) is 6.71. The lowest BCUT2D eigenvalue weighted by molar-refractivity contribution is 0.0640. The van der Waals surface area contributed by atoms with Gasteiger partial charge in [-0.15, -0.1) is 0 Å². The fraction of sp³-hybridized carbons (Fsp3) is 0.500. The number of hydrogen-bond donors (Lipinski definition) is 1. The number of piperazine rings is 1. The molecule has 1 aliphatic rings. The van der Waals surface area contributed by atoms with Crippen molar-refractivity contribution in [1.29, 1.82) is 0 Å². The van der Waals surface area contributed by atoms with Crippen LogP contribution < -0.4 is 10.5 Å². The van der Waals surface area contributed by atoms with E-state index in [4.69, 9.17) is 10.5 Å². The molecule has 1 saturated heterocycles. The number of rotatable bonds is 4. The standard InChI is InChI=1S/C14H20FN3O2/c1-20-13-3-2-11(10-12(13)15)14(19)18-8-6-17(5-4-16)7-9-18/h2-3,10H,4-9,16H2,1H3. The van der Waals surface area contributed by atoms with Crippen LogP contribution in [-0.4, -0.2) is 62.1 Å². The molecule has 0 bridgehead atoms. The Morgan fingerprint density at radius 1 is 1.35 bits per heavy atom. The largest absolute Gasteiger partial charge is 0.494 e. The van der Waals surface area contributed by atoms with Crippen LogP contribution in [0.4, 0.5) is 4.39 Å². The molecule has 1 amide bonds. The highest BCUT2D eigenvalue weighted by molar-refractivity contribution is 5.94. The fourth-order valence-corrected chi connectivity index (χ4v) is 2.34. The zero-order valence-corrected chi connectivity index (χ0v) is 11.6. The summed E-state index contributed by atoms with van der Waals surface area (Å²) < 4.78 is 18.5. The van der Waals surface area contributed by atoms with E-state index in [-0.39, 0.29) is 11.7 Å². The van der Waals surface area contributed by atoms with Crippen LogP contribution in [0.25, 0.3) is 0 Å². The van der Waals surface area contributed by atoms with E-state index in [1.54, 1.807) is 11.0 Å². The van der Waals surface area contributed by atoms with Crippen LogP contribution in [0.15, 0.2) is 18.2 Å². The van der Waals surface area contributed by atoms with Crippen molar-refractivity contribution in [2.75, 3.05) is 46.4 Å². The first kappa shape index (κ1) is 14.7. The minimum atomic E-state index is -0.514. The Labute approximate surface area is 118 Å². The number of benzene rings is 1. The minimum Gasteiger partial charge on any atom is -0.494 e. The van der Waals surface area contributed by atoms with Gasteiger partial charge in [0.25, 0.3) is 5.91 Å². The molecule has 6 heteroatoms. The predicted octanol–water partition coefficient (Wildman–Crippen LogP) is 0.551. The van der Waals surface area contributed by atoms with Gasteiger partial charge in [-0.05, 0) is 18.2 Å². The Morgan fingerprint density at radius 2 is 2.05 bits per heavy atom. The Hall–Kier alpha value is -1.66. The summed E-state index contributed by atoms with van der Waals surface area (Å²) >= 11 is 0. The Bertz CT molecular complexity index is 473. The number of carbonyl (C=O) groups is 1. The number of amides is 1. The average Bonchev–Trinajstić information content (AvgIpc) is 2.47. The molecule has 0 radical (unpaired) electrons. The third kappa shape index (κ3) is 3.26. The van der Waals surface area contributed by atoms with E-state index in [9.17, 15) is 9.18 Å². The second-order valence-corrected chi connectivity index (χ2v) is 4.77. The summed E-state index contributed by atoms with van der Waals surface area (Å²) in [6, 6.07) is 4.30. The van der Waals surface area contributed by atoms with Crippen LogP contribution in [0.1, 0.15) is 10.4 Å². The smallest absolute Gasteiger partial charge is 0.254 e. The van der Waals surface area contributed by atoms with Gasteiger partial charge in [0, 0.05) is 44.8 Å². The molecule has 1 aromatic carbocycles. The van der Waals surface area contributed by atoms with Crippen LogP contribution in [0.2, 0.25) is 0 Å². The molecule has 5 nitrogen and oxygen atoms in total. The maximum absolute atomic E-state index is 13.6. The molecular weight excluding hydrogens is 261 g/mol. The van der Waals surface area contributed by atoms with Gasteiger partial charge < -0.3 is 15.4 Å². The van der Waals surface area contributed by atoms with E-state index in [1.165, 1.54) is 19.2 Å². The lowest BCUT2D eigenvalue weighted by atomic mass is 10.1. The Morgan fingerprint density at radius 3 is 2.60 bits per heavy atom. The van der Waals surface area contributed by atoms with Crippen molar-refractivity contribution in [1.82, 2.24) is 9.80 Å². The van der Waals surface area contributed by atoms with Crippen LogP contribution >= 0.6 is 0 Å². The molecule has 0 spiro atoms. The van der Waals surface area contributed by atoms with Crippen molar-refractivity contribution in [3.63, 3.8) is 0 Å². The van der Waals surface area contributed by atoms with E-state index in [0.717, 1.165) is 19.6 Å². The maximum atomic E-state index is 13.6. The van der Waals surface area contributed by atoms with Gasteiger partial charge in [0.1, 0.15) is 0 Å². The molecule has 20 heavy (non-hydrogen) atoms. The molecule has 1 heterocycles. The fourth-order valence-electron chi connectivity index (χ4n) is 2.34. The van der Waals surface area contributed by atoms with E-state index in [1.807, 2.05) is 0 Å². The molecule has 0 aromatic heterocycles. The number of hydrogen-bond acceptors (Lipinski definition) is 4. The number of halogens is 1. The summed E-state index contributed by atoms with van der Waals surface area (Å²) in [5.41, 5.74) is 5.87.